The first-order chi connectivity index (χ1) is 26.0. The number of unbranched alkanes of at least 4 members (excludes halogenated alkanes) is 1. The van der Waals surface area contributed by atoms with Gasteiger partial charge in [0.15, 0.2) is 17.5 Å². The molecule has 1 aliphatic heterocycles. The quantitative estimate of drug-likeness (QED) is 0.0996. The first-order valence-electron chi connectivity index (χ1n) is 19.2. The first-order valence-corrected chi connectivity index (χ1v) is 19.2. The molecule has 3 aliphatic carbocycles. The molecule has 5 N–H and O–H groups in total. The van der Waals surface area contributed by atoms with Crippen LogP contribution in [-0.4, -0.2) is 117 Å². The summed E-state index contributed by atoms with van der Waals surface area (Å²) >= 11 is 0. The topological polar surface area (TPSA) is 224 Å². The Hall–Kier alpha value is -3.89. The molecule has 15 nitrogen and oxygen atoms in total. The monoisotopic (exact) mass is 787 g/mol. The average molecular weight is 788 g/mol. The molecule has 0 spiro atoms. The fourth-order valence-corrected chi connectivity index (χ4v) is 9.37. The van der Waals surface area contributed by atoms with Crippen molar-refractivity contribution < 1.29 is 68.1 Å². The zero-order chi connectivity index (χ0) is 41.8. The third-order valence-electron chi connectivity index (χ3n) is 12.7. The Bertz CT molecular complexity index is 1740. The van der Waals surface area contributed by atoms with E-state index in [1.54, 1.807) is 52.8 Å². The van der Waals surface area contributed by atoms with Crippen molar-refractivity contribution in [1.82, 2.24) is 5.32 Å². The molecule has 3 fully saturated rings. The molecule has 1 amide bonds. The maximum atomic E-state index is 14.9. The number of hydrogen-bond donors (Lipinski definition) is 5. The number of aliphatic hydroxyl groups excluding tert-OH is 3. The fourth-order valence-electron chi connectivity index (χ4n) is 9.37. The highest BCUT2D eigenvalue weighted by atomic mass is 16.6. The second kappa shape index (κ2) is 15.5. The van der Waals surface area contributed by atoms with E-state index in [0.717, 1.165) is 13.3 Å². The van der Waals surface area contributed by atoms with Crippen LogP contribution in [0, 0.1) is 22.2 Å². The molecule has 4 aliphatic rings. The lowest BCUT2D eigenvalue weighted by Gasteiger charge is -2.67. The number of carbonyl (C=O) groups is 5. The molecular formula is C41H57NO14. The highest BCUT2D eigenvalue weighted by molar-refractivity contribution is 5.94. The zero-order valence-corrected chi connectivity index (χ0v) is 33.6. The Morgan fingerprint density at radius 2 is 1.70 bits per heavy atom. The molecule has 1 aromatic carbocycles. The number of nitrogens with one attached hydrogen (secondary N) is 1. The van der Waals surface area contributed by atoms with E-state index in [0.29, 0.717) is 6.42 Å². The van der Waals surface area contributed by atoms with Gasteiger partial charge in [-0.15, -0.1) is 0 Å². The van der Waals surface area contributed by atoms with Gasteiger partial charge in [-0.2, -0.15) is 0 Å². The van der Waals surface area contributed by atoms with E-state index in [1.807, 2.05) is 6.92 Å². The summed E-state index contributed by atoms with van der Waals surface area (Å²) in [5, 5.41) is 51.3. The van der Waals surface area contributed by atoms with Crippen LogP contribution in [-0.2, 0) is 38.1 Å². The van der Waals surface area contributed by atoms with Crippen LogP contribution in [0.2, 0.25) is 0 Å². The SMILES string of the molecule is CCCCOC(=O)N[C@H]([C@@H](O)C(=O)O[C@H]1C[C@@]2(O)[C@@H](OC(=O)c3ccccc3)[C@@H]3[C@]4(OC(C)=O)CO[C@@H]4C[C@H](O)[C@@]3(C)C(=O)[C@H](O)C(=C1C)C2(C)C)C(C)(C)C. The van der Waals surface area contributed by atoms with Crippen molar-refractivity contribution in [3.63, 3.8) is 0 Å². The third-order valence-corrected chi connectivity index (χ3v) is 12.7. The van der Waals surface area contributed by atoms with Crippen molar-refractivity contribution in [2.75, 3.05) is 13.2 Å². The normalized spacial score (nSPS) is 34.6. The second-order valence-electron chi connectivity index (χ2n) is 17.5. The van der Waals surface area contributed by atoms with E-state index in [1.165, 1.54) is 26.0 Å². The van der Waals surface area contributed by atoms with Gasteiger partial charge < -0.3 is 49.4 Å². The number of fused-ring (bicyclic) bond motifs is 5. The van der Waals surface area contributed by atoms with Crippen LogP contribution in [0.25, 0.3) is 0 Å². The molecule has 0 unspecified atom stereocenters. The van der Waals surface area contributed by atoms with E-state index in [2.05, 4.69) is 5.32 Å². The van der Waals surface area contributed by atoms with E-state index < -0.39 is 112 Å². The van der Waals surface area contributed by atoms with Crippen LogP contribution in [0.15, 0.2) is 41.5 Å². The molecule has 5 rings (SSSR count). The predicted octanol–water partition coefficient (Wildman–Crippen LogP) is 2.93. The number of hydrogen-bond acceptors (Lipinski definition) is 14. The lowest BCUT2D eigenvalue weighted by molar-refractivity contribution is -0.346. The Kier molecular flexibility index (Phi) is 11.9. The highest BCUT2D eigenvalue weighted by Gasteiger charge is 2.78. The maximum absolute atomic E-state index is 14.9. The van der Waals surface area contributed by atoms with Crippen LogP contribution < -0.4 is 5.32 Å². The van der Waals surface area contributed by atoms with Gasteiger partial charge in [0.1, 0.15) is 30.0 Å². The third kappa shape index (κ3) is 7.14. The van der Waals surface area contributed by atoms with Crippen LogP contribution in [0.4, 0.5) is 4.79 Å². The van der Waals surface area contributed by atoms with E-state index in [4.69, 9.17) is 23.7 Å². The largest absolute Gasteiger partial charge is 0.456 e. The summed E-state index contributed by atoms with van der Waals surface area (Å²) < 4.78 is 29.3. The minimum atomic E-state index is -2.33. The lowest BCUT2D eigenvalue weighted by atomic mass is 9.44. The summed E-state index contributed by atoms with van der Waals surface area (Å²) in [7, 11) is 0. The molecule has 2 bridgehead atoms. The molecule has 0 radical (unpaired) electrons. The number of esters is 3. The molecule has 1 aromatic rings. The van der Waals surface area contributed by atoms with Gasteiger partial charge in [-0.3, -0.25) is 9.59 Å². The molecule has 310 valence electrons. The summed E-state index contributed by atoms with van der Waals surface area (Å²) in [6, 6.07) is 6.67. The van der Waals surface area contributed by atoms with Crippen LogP contribution in [0.1, 0.15) is 98.4 Å². The van der Waals surface area contributed by atoms with Crippen molar-refractivity contribution in [1.29, 1.82) is 0 Å². The van der Waals surface area contributed by atoms with Gasteiger partial charge in [0.2, 0.25) is 0 Å². The van der Waals surface area contributed by atoms with Gasteiger partial charge in [0, 0.05) is 25.2 Å². The second-order valence-corrected chi connectivity index (χ2v) is 17.5. The molecular weight excluding hydrogens is 730 g/mol. The van der Waals surface area contributed by atoms with Crippen molar-refractivity contribution in [3.05, 3.63) is 47.0 Å². The minimum Gasteiger partial charge on any atom is -0.456 e. The molecule has 15 heteroatoms. The van der Waals surface area contributed by atoms with E-state index >= 15 is 0 Å². The molecule has 1 saturated heterocycles. The van der Waals surface area contributed by atoms with Gasteiger partial charge >= 0.3 is 24.0 Å². The van der Waals surface area contributed by atoms with Crippen molar-refractivity contribution >= 4 is 29.8 Å². The maximum Gasteiger partial charge on any atom is 0.407 e. The minimum absolute atomic E-state index is 0.0466. The van der Waals surface area contributed by atoms with E-state index in [9.17, 15) is 44.4 Å². The number of ether oxygens (including phenoxy) is 5. The molecule has 56 heavy (non-hydrogen) atoms. The number of ketones is 1. The summed E-state index contributed by atoms with van der Waals surface area (Å²) in [4.78, 5) is 68.4. The number of benzene rings is 1. The predicted molar refractivity (Wildman–Crippen MR) is 198 cm³/mol. The first kappa shape index (κ1) is 43.2. The lowest BCUT2D eigenvalue weighted by Crippen LogP contribution is -2.81. The molecule has 11 atom stereocenters. The van der Waals surface area contributed by atoms with Gasteiger partial charge in [0.25, 0.3) is 0 Å². The number of Topliss-reactive ketones (excluding diaryl/α,β-unsaturated/α-hetero) is 1. The molecule has 2 saturated carbocycles. The highest BCUT2D eigenvalue weighted by Crippen LogP contribution is 2.64. The van der Waals surface area contributed by atoms with Crippen molar-refractivity contribution in [3.8, 4) is 0 Å². The summed E-state index contributed by atoms with van der Waals surface area (Å²) in [6.07, 6.45) is -9.79. The van der Waals surface area contributed by atoms with Gasteiger partial charge in [0.05, 0.1) is 42.3 Å². The van der Waals surface area contributed by atoms with Gasteiger partial charge in [-0.05, 0) is 49.0 Å². The average Bonchev–Trinajstić information content (AvgIpc) is 3.11. The Morgan fingerprint density at radius 3 is 2.25 bits per heavy atom. The zero-order valence-electron chi connectivity index (χ0n) is 33.6. The Labute approximate surface area is 327 Å². The number of alkyl carbamates (subject to hydrolysis) is 1. The summed E-state index contributed by atoms with van der Waals surface area (Å²) in [5.41, 5.74) is -8.33. The van der Waals surface area contributed by atoms with Crippen molar-refractivity contribution in [2.24, 2.45) is 22.2 Å². The molecule has 0 aromatic heterocycles. The summed E-state index contributed by atoms with van der Waals surface area (Å²) in [5.74, 6) is -5.27. The standard InChI is InChI=1S/C41H57NO14/c1-10-11-17-52-36(50)42-31(37(4,5)6)29(46)35(49)54-24-19-41(51)33(55-34(48)23-15-13-12-14-16-23)30-39(9,32(47)28(45)27(21(24)2)38(41,7)8)25(44)18-26-40(30,20-53-26)56-22(3)43/h12-16,24-26,28-31,33,44-46,51H,10-11,17-20H2,1-9H3,(H,42,50)/t24-,25-,26+,28+,29+,30-,31+,33-,39+,40-,41+/m0/s1. The Balaban J connectivity index is 1.65. The number of carbonyl (C=O) groups excluding carboxylic acids is 5. The van der Waals surface area contributed by atoms with Crippen molar-refractivity contribution in [2.45, 2.75) is 142 Å². The smallest absolute Gasteiger partial charge is 0.407 e. The fraction of sp³-hybridized carbons (Fsp3) is 0.683. The van der Waals surface area contributed by atoms with Crippen LogP contribution in [0.5, 0.6) is 0 Å². The van der Waals surface area contributed by atoms with Crippen LogP contribution in [0.3, 0.4) is 0 Å². The Morgan fingerprint density at radius 1 is 1.05 bits per heavy atom. The van der Waals surface area contributed by atoms with Gasteiger partial charge in [-0.1, -0.05) is 66.2 Å². The molecule has 1 heterocycles. The number of rotatable bonds is 10. The van der Waals surface area contributed by atoms with E-state index in [-0.39, 0.29) is 36.3 Å². The van der Waals surface area contributed by atoms with Gasteiger partial charge in [-0.25, -0.2) is 14.4 Å². The number of amides is 1. The van der Waals surface area contributed by atoms with Crippen LogP contribution >= 0.6 is 0 Å². The summed E-state index contributed by atoms with van der Waals surface area (Å²) in [6.45, 7) is 14.0. The number of aliphatic hydroxyl groups is 4.